The number of carbonyl (C=O) groups is 2. The lowest BCUT2D eigenvalue weighted by atomic mass is 9.80. The monoisotopic (exact) mass is 534 g/mol. The van der Waals surface area contributed by atoms with E-state index in [1.165, 1.54) is 51.4 Å². The highest BCUT2D eigenvalue weighted by molar-refractivity contribution is 5.91. The summed E-state index contributed by atoms with van der Waals surface area (Å²) in [6, 6.07) is 13.7. The third kappa shape index (κ3) is 11.3. The second-order valence-electron chi connectivity index (χ2n) is 10.7. The second kappa shape index (κ2) is 17.5. The van der Waals surface area contributed by atoms with Crippen molar-refractivity contribution < 1.29 is 23.8 Å². The minimum Gasteiger partial charge on any atom is -0.494 e. The molecule has 1 saturated carbocycles. The van der Waals surface area contributed by atoms with Crippen LogP contribution < -0.4 is 14.2 Å². The molecule has 5 heteroatoms. The highest BCUT2D eigenvalue weighted by Crippen LogP contribution is 2.33. The first-order valence-corrected chi connectivity index (χ1v) is 15.0. The Morgan fingerprint density at radius 3 is 2.05 bits per heavy atom. The molecule has 0 radical (unpaired) electrons. The molecule has 0 amide bonds. The fraction of sp³-hybridized carbons (Fsp3) is 0.529. The van der Waals surface area contributed by atoms with Crippen LogP contribution in [0.5, 0.6) is 17.2 Å². The molecule has 1 fully saturated rings. The summed E-state index contributed by atoms with van der Waals surface area (Å²) < 4.78 is 16.9. The van der Waals surface area contributed by atoms with Gasteiger partial charge in [0.1, 0.15) is 17.2 Å². The standard InChI is InChI=1S/C34H46O5/c1-3-5-7-9-10-12-26-37-30-20-18-29(19-21-30)34(36)39-32-24-22-31(23-25-32)38-33(35)28-16-14-27(15-17-28)13-11-8-6-4-2/h4,18-25,27-28H,2-3,5-17,26H2,1H3/t27-,28-. The quantitative estimate of drug-likeness (QED) is 0.0876. The van der Waals surface area contributed by atoms with Crippen molar-refractivity contribution in [1.82, 2.24) is 0 Å². The molecule has 0 aliphatic heterocycles. The third-order valence-electron chi connectivity index (χ3n) is 7.56. The third-order valence-corrected chi connectivity index (χ3v) is 7.56. The number of esters is 2. The Labute approximate surface area is 234 Å². The van der Waals surface area contributed by atoms with Crippen LogP contribution in [-0.2, 0) is 4.79 Å². The first-order chi connectivity index (χ1) is 19.1. The lowest BCUT2D eigenvalue weighted by Crippen LogP contribution is -2.25. The van der Waals surface area contributed by atoms with Crippen LogP contribution >= 0.6 is 0 Å². The van der Waals surface area contributed by atoms with Crippen molar-refractivity contribution in [2.45, 2.75) is 96.8 Å². The number of hydrogen-bond donors (Lipinski definition) is 0. The fourth-order valence-corrected chi connectivity index (χ4v) is 5.11. The summed E-state index contributed by atoms with van der Waals surface area (Å²) >= 11 is 0. The highest BCUT2D eigenvalue weighted by Gasteiger charge is 2.27. The van der Waals surface area contributed by atoms with Gasteiger partial charge in [0, 0.05) is 0 Å². The van der Waals surface area contributed by atoms with Crippen molar-refractivity contribution in [3.05, 3.63) is 66.7 Å². The maximum atomic E-state index is 12.7. The number of hydrogen-bond acceptors (Lipinski definition) is 5. The van der Waals surface area contributed by atoms with Crippen LogP contribution in [0.25, 0.3) is 0 Å². The summed E-state index contributed by atoms with van der Waals surface area (Å²) in [5.41, 5.74) is 0.453. The molecule has 0 saturated heterocycles. The molecule has 39 heavy (non-hydrogen) atoms. The Morgan fingerprint density at radius 1 is 0.769 bits per heavy atom. The second-order valence-corrected chi connectivity index (χ2v) is 10.7. The number of rotatable bonds is 17. The number of unbranched alkanes of at least 4 members (excludes halogenated alkanes) is 7. The minimum atomic E-state index is -0.441. The molecule has 0 spiro atoms. The lowest BCUT2D eigenvalue weighted by molar-refractivity contribution is -0.140. The van der Waals surface area contributed by atoms with Gasteiger partial charge in [-0.1, -0.05) is 57.9 Å². The van der Waals surface area contributed by atoms with Crippen LogP contribution in [0.2, 0.25) is 0 Å². The van der Waals surface area contributed by atoms with Crippen molar-refractivity contribution in [2.24, 2.45) is 11.8 Å². The lowest BCUT2D eigenvalue weighted by Gasteiger charge is -2.27. The van der Waals surface area contributed by atoms with Crippen LogP contribution in [-0.4, -0.2) is 18.5 Å². The van der Waals surface area contributed by atoms with Gasteiger partial charge in [-0.2, -0.15) is 0 Å². The van der Waals surface area contributed by atoms with Crippen LogP contribution in [0, 0.1) is 11.8 Å². The number of allylic oxidation sites excluding steroid dienone is 1. The Balaban J connectivity index is 1.36. The average molecular weight is 535 g/mol. The first kappa shape index (κ1) is 30.5. The van der Waals surface area contributed by atoms with Gasteiger partial charge in [-0.25, -0.2) is 4.79 Å². The van der Waals surface area contributed by atoms with Crippen LogP contribution in [0.4, 0.5) is 0 Å². The smallest absolute Gasteiger partial charge is 0.343 e. The maximum Gasteiger partial charge on any atom is 0.343 e. The molecule has 0 aromatic heterocycles. The van der Waals surface area contributed by atoms with E-state index in [1.807, 2.05) is 6.08 Å². The predicted molar refractivity (Wildman–Crippen MR) is 156 cm³/mol. The Bertz CT molecular complexity index is 987. The van der Waals surface area contributed by atoms with E-state index >= 15 is 0 Å². The van der Waals surface area contributed by atoms with E-state index in [9.17, 15) is 9.59 Å². The van der Waals surface area contributed by atoms with Crippen molar-refractivity contribution in [3.8, 4) is 17.2 Å². The largest absolute Gasteiger partial charge is 0.494 e. The summed E-state index contributed by atoms with van der Waals surface area (Å²) in [6.45, 7) is 6.69. The molecule has 3 rings (SSSR count). The zero-order valence-corrected chi connectivity index (χ0v) is 23.7. The Kier molecular flexibility index (Phi) is 13.7. The topological polar surface area (TPSA) is 61.8 Å². The molecule has 0 N–H and O–H groups in total. The molecule has 0 unspecified atom stereocenters. The van der Waals surface area contributed by atoms with Crippen molar-refractivity contribution in [2.75, 3.05) is 6.61 Å². The van der Waals surface area contributed by atoms with Gasteiger partial charge in [0.25, 0.3) is 0 Å². The van der Waals surface area contributed by atoms with Crippen molar-refractivity contribution in [3.63, 3.8) is 0 Å². The normalized spacial score (nSPS) is 16.8. The van der Waals surface area contributed by atoms with Crippen LogP contribution in [0.3, 0.4) is 0 Å². The summed E-state index contributed by atoms with van der Waals surface area (Å²) in [4.78, 5) is 25.2. The highest BCUT2D eigenvalue weighted by atomic mass is 16.5. The summed E-state index contributed by atoms with van der Waals surface area (Å²) in [5.74, 6) is 1.71. The molecule has 0 atom stereocenters. The number of carbonyl (C=O) groups excluding carboxylic acids is 2. The predicted octanol–water partition coefficient (Wildman–Crippen LogP) is 9.10. The molecule has 1 aliphatic rings. The molecular formula is C34H46O5. The number of ether oxygens (including phenoxy) is 3. The van der Waals surface area contributed by atoms with E-state index in [4.69, 9.17) is 14.2 Å². The summed E-state index contributed by atoms with van der Waals surface area (Å²) in [5, 5.41) is 0. The fourth-order valence-electron chi connectivity index (χ4n) is 5.11. The molecule has 0 heterocycles. The zero-order valence-electron chi connectivity index (χ0n) is 23.7. The molecule has 5 nitrogen and oxygen atoms in total. The van der Waals surface area contributed by atoms with Crippen molar-refractivity contribution in [1.29, 1.82) is 0 Å². The first-order valence-electron chi connectivity index (χ1n) is 15.0. The molecule has 2 aromatic rings. The van der Waals surface area contributed by atoms with Crippen molar-refractivity contribution >= 4 is 11.9 Å². The SMILES string of the molecule is C=CCCCC[C@H]1CC[C@H](C(=O)Oc2ccc(OC(=O)c3ccc(OCCCCCCCC)cc3)cc2)CC1. The van der Waals surface area contributed by atoms with Gasteiger partial charge in [-0.3, -0.25) is 4.79 Å². The maximum absolute atomic E-state index is 12.7. The van der Waals surface area contributed by atoms with Gasteiger partial charge in [0.2, 0.25) is 0 Å². The van der Waals surface area contributed by atoms with Gasteiger partial charge in [0.05, 0.1) is 18.1 Å². The molecule has 2 aromatic carbocycles. The van der Waals surface area contributed by atoms with Gasteiger partial charge in [-0.05, 0) is 99.4 Å². The van der Waals surface area contributed by atoms with Gasteiger partial charge in [0.15, 0.2) is 0 Å². The van der Waals surface area contributed by atoms with Gasteiger partial charge in [-0.15, -0.1) is 6.58 Å². The van der Waals surface area contributed by atoms with E-state index < -0.39 is 5.97 Å². The Hall–Kier alpha value is -3.08. The molecule has 212 valence electrons. The molecule has 1 aliphatic carbocycles. The Morgan fingerprint density at radius 2 is 1.38 bits per heavy atom. The van der Waals surface area contributed by atoms with Gasteiger partial charge < -0.3 is 14.2 Å². The summed E-state index contributed by atoms with van der Waals surface area (Å²) in [7, 11) is 0. The van der Waals surface area contributed by atoms with Crippen LogP contribution in [0.1, 0.15) is 107 Å². The molecule has 0 bridgehead atoms. The minimum absolute atomic E-state index is 0.0373. The van der Waals surface area contributed by atoms with E-state index in [-0.39, 0.29) is 11.9 Å². The van der Waals surface area contributed by atoms with Gasteiger partial charge >= 0.3 is 11.9 Å². The average Bonchev–Trinajstić information content (AvgIpc) is 2.96. The summed E-state index contributed by atoms with van der Waals surface area (Å²) in [6.07, 6.45) is 18.0. The van der Waals surface area contributed by atoms with E-state index in [1.54, 1.807) is 48.5 Å². The zero-order chi connectivity index (χ0) is 27.7. The van der Waals surface area contributed by atoms with E-state index in [2.05, 4.69) is 13.5 Å². The molecular weight excluding hydrogens is 488 g/mol. The van der Waals surface area contributed by atoms with E-state index in [0.717, 1.165) is 50.2 Å². The van der Waals surface area contributed by atoms with Crippen LogP contribution in [0.15, 0.2) is 61.2 Å². The van der Waals surface area contributed by atoms with E-state index in [0.29, 0.717) is 23.7 Å². The number of benzene rings is 2.